The third kappa shape index (κ3) is 4.99. The molecule has 0 N–H and O–H groups in total. The number of allylic oxidation sites excluding steroid dienone is 3. The zero-order valence-corrected chi connectivity index (χ0v) is 16.1. The number of rotatable bonds is 6. The molecule has 2 unspecified atom stereocenters. The summed E-state index contributed by atoms with van der Waals surface area (Å²) in [4.78, 5) is 0. The summed E-state index contributed by atoms with van der Waals surface area (Å²) in [6.07, 6.45) is 26.4. The van der Waals surface area contributed by atoms with Gasteiger partial charge in [0.05, 0.1) is 0 Å². The zero-order chi connectivity index (χ0) is 16.8. The molecule has 3 saturated carbocycles. The van der Waals surface area contributed by atoms with E-state index in [0.717, 1.165) is 35.5 Å². The molecule has 2 atom stereocenters. The minimum absolute atomic E-state index is 0.823. The fraction of sp³-hybridized carbons (Fsp3) is 0.833. The van der Waals surface area contributed by atoms with E-state index in [2.05, 4.69) is 31.7 Å². The monoisotopic (exact) mass is 328 g/mol. The van der Waals surface area contributed by atoms with Crippen LogP contribution in [0.1, 0.15) is 90.4 Å². The van der Waals surface area contributed by atoms with Gasteiger partial charge in [-0.15, -0.1) is 6.58 Å². The molecule has 0 aromatic rings. The Morgan fingerprint density at radius 3 is 1.83 bits per heavy atom. The van der Waals surface area contributed by atoms with Crippen LogP contribution in [0.15, 0.2) is 24.8 Å². The zero-order valence-electron chi connectivity index (χ0n) is 16.1. The van der Waals surface area contributed by atoms with E-state index in [0.29, 0.717) is 0 Å². The van der Waals surface area contributed by atoms with Crippen molar-refractivity contribution in [3.05, 3.63) is 24.8 Å². The van der Waals surface area contributed by atoms with Crippen LogP contribution in [0.3, 0.4) is 0 Å². The van der Waals surface area contributed by atoms with Gasteiger partial charge in [-0.05, 0) is 106 Å². The Hall–Kier alpha value is -0.520. The molecule has 0 heteroatoms. The SMILES string of the molecule is C=CC1CCC(C2CCC(/C=C/C3CCC(CCC)C3)CC2)CC1. The molecule has 3 aliphatic carbocycles. The summed E-state index contributed by atoms with van der Waals surface area (Å²) in [6, 6.07) is 0. The smallest absolute Gasteiger partial charge is 0.0231 e. The van der Waals surface area contributed by atoms with Crippen molar-refractivity contribution in [1.29, 1.82) is 0 Å². The Balaban J connectivity index is 1.36. The normalized spacial score (nSPS) is 40.9. The van der Waals surface area contributed by atoms with E-state index < -0.39 is 0 Å². The van der Waals surface area contributed by atoms with Gasteiger partial charge in [-0.2, -0.15) is 0 Å². The Bertz CT molecular complexity index is 390. The maximum atomic E-state index is 3.99. The van der Waals surface area contributed by atoms with Crippen molar-refractivity contribution < 1.29 is 0 Å². The van der Waals surface area contributed by atoms with Crippen LogP contribution < -0.4 is 0 Å². The predicted octanol–water partition coefficient (Wildman–Crippen LogP) is 7.56. The molecule has 3 fully saturated rings. The highest BCUT2D eigenvalue weighted by molar-refractivity contribution is 4.98. The van der Waals surface area contributed by atoms with Crippen molar-refractivity contribution in [3.8, 4) is 0 Å². The van der Waals surface area contributed by atoms with Crippen LogP contribution >= 0.6 is 0 Å². The van der Waals surface area contributed by atoms with E-state index in [4.69, 9.17) is 0 Å². The number of hydrogen-bond acceptors (Lipinski definition) is 0. The lowest BCUT2D eigenvalue weighted by molar-refractivity contribution is 0.166. The molecule has 3 aliphatic rings. The Morgan fingerprint density at radius 2 is 1.25 bits per heavy atom. The van der Waals surface area contributed by atoms with Crippen LogP contribution in [0.5, 0.6) is 0 Å². The van der Waals surface area contributed by atoms with Crippen LogP contribution in [0, 0.1) is 35.5 Å². The highest BCUT2D eigenvalue weighted by Crippen LogP contribution is 2.42. The largest absolute Gasteiger partial charge is 0.103 e. The van der Waals surface area contributed by atoms with Crippen molar-refractivity contribution in [2.24, 2.45) is 35.5 Å². The summed E-state index contributed by atoms with van der Waals surface area (Å²) >= 11 is 0. The fourth-order valence-corrected chi connectivity index (χ4v) is 5.93. The molecular formula is C24H40. The maximum absolute atomic E-state index is 3.99. The lowest BCUT2D eigenvalue weighted by atomic mass is 9.69. The molecule has 0 aliphatic heterocycles. The van der Waals surface area contributed by atoms with E-state index in [1.807, 2.05) is 0 Å². The molecule has 0 saturated heterocycles. The van der Waals surface area contributed by atoms with E-state index in [1.54, 1.807) is 0 Å². The van der Waals surface area contributed by atoms with E-state index >= 15 is 0 Å². The van der Waals surface area contributed by atoms with Gasteiger partial charge in [0, 0.05) is 0 Å². The highest BCUT2D eigenvalue weighted by atomic mass is 14.4. The molecule has 24 heavy (non-hydrogen) atoms. The van der Waals surface area contributed by atoms with Gasteiger partial charge in [0.1, 0.15) is 0 Å². The average molecular weight is 329 g/mol. The average Bonchev–Trinajstić information content (AvgIpc) is 3.08. The molecule has 0 bridgehead atoms. The van der Waals surface area contributed by atoms with Crippen LogP contribution in [-0.2, 0) is 0 Å². The van der Waals surface area contributed by atoms with Crippen molar-refractivity contribution >= 4 is 0 Å². The van der Waals surface area contributed by atoms with E-state index in [1.165, 1.54) is 83.5 Å². The molecule has 0 nitrogen and oxygen atoms in total. The van der Waals surface area contributed by atoms with Crippen LogP contribution in [0.25, 0.3) is 0 Å². The van der Waals surface area contributed by atoms with Gasteiger partial charge in [0.25, 0.3) is 0 Å². The van der Waals surface area contributed by atoms with Gasteiger partial charge in [-0.1, -0.05) is 38.0 Å². The molecule has 3 rings (SSSR count). The van der Waals surface area contributed by atoms with Gasteiger partial charge in [-0.25, -0.2) is 0 Å². The summed E-state index contributed by atoms with van der Waals surface area (Å²) < 4.78 is 0. The summed E-state index contributed by atoms with van der Waals surface area (Å²) in [5, 5.41) is 0. The highest BCUT2D eigenvalue weighted by Gasteiger charge is 2.30. The summed E-state index contributed by atoms with van der Waals surface area (Å²) in [6.45, 7) is 6.33. The summed E-state index contributed by atoms with van der Waals surface area (Å²) in [5.41, 5.74) is 0. The molecule has 0 radical (unpaired) electrons. The Kier molecular flexibility index (Phi) is 7.05. The van der Waals surface area contributed by atoms with Gasteiger partial charge in [0.15, 0.2) is 0 Å². The third-order valence-corrected chi connectivity index (χ3v) is 7.57. The number of hydrogen-bond donors (Lipinski definition) is 0. The Labute approximate surface area is 151 Å². The summed E-state index contributed by atoms with van der Waals surface area (Å²) in [5.74, 6) is 5.75. The van der Waals surface area contributed by atoms with Gasteiger partial charge >= 0.3 is 0 Å². The minimum atomic E-state index is 0.823. The first kappa shape index (κ1) is 18.3. The van der Waals surface area contributed by atoms with E-state index in [9.17, 15) is 0 Å². The molecular weight excluding hydrogens is 288 g/mol. The minimum Gasteiger partial charge on any atom is -0.103 e. The van der Waals surface area contributed by atoms with Crippen LogP contribution in [-0.4, -0.2) is 0 Å². The lowest BCUT2D eigenvalue weighted by Gasteiger charge is -2.36. The summed E-state index contributed by atoms with van der Waals surface area (Å²) in [7, 11) is 0. The predicted molar refractivity (Wildman–Crippen MR) is 106 cm³/mol. The quantitative estimate of drug-likeness (QED) is 0.441. The Morgan fingerprint density at radius 1 is 0.708 bits per heavy atom. The molecule has 0 amide bonds. The standard InChI is InChI=1S/C24H40/c1-3-5-21-8-9-22(18-21)7-6-20-12-16-24(17-13-20)23-14-10-19(4-2)11-15-23/h4,6-7,19-24H,2-3,5,8-18H2,1H3/b7-6+. The third-order valence-electron chi connectivity index (χ3n) is 7.57. The first-order valence-corrected chi connectivity index (χ1v) is 11.1. The van der Waals surface area contributed by atoms with Crippen molar-refractivity contribution in [1.82, 2.24) is 0 Å². The maximum Gasteiger partial charge on any atom is -0.0231 e. The van der Waals surface area contributed by atoms with Crippen LogP contribution in [0.2, 0.25) is 0 Å². The van der Waals surface area contributed by atoms with Gasteiger partial charge in [0.2, 0.25) is 0 Å². The van der Waals surface area contributed by atoms with Gasteiger partial charge < -0.3 is 0 Å². The second-order valence-corrected chi connectivity index (χ2v) is 9.20. The van der Waals surface area contributed by atoms with Crippen molar-refractivity contribution in [2.75, 3.05) is 0 Å². The van der Waals surface area contributed by atoms with E-state index in [-0.39, 0.29) is 0 Å². The first-order valence-electron chi connectivity index (χ1n) is 11.1. The van der Waals surface area contributed by atoms with Crippen molar-refractivity contribution in [3.63, 3.8) is 0 Å². The molecule has 136 valence electrons. The fourth-order valence-electron chi connectivity index (χ4n) is 5.93. The molecule has 0 aromatic carbocycles. The lowest BCUT2D eigenvalue weighted by Crippen LogP contribution is -2.25. The van der Waals surface area contributed by atoms with Gasteiger partial charge in [-0.3, -0.25) is 0 Å². The topological polar surface area (TPSA) is 0 Å². The first-order chi connectivity index (χ1) is 11.8. The van der Waals surface area contributed by atoms with Crippen LogP contribution in [0.4, 0.5) is 0 Å². The second-order valence-electron chi connectivity index (χ2n) is 9.20. The molecule has 0 heterocycles. The van der Waals surface area contributed by atoms with Crippen molar-refractivity contribution in [2.45, 2.75) is 90.4 Å². The molecule has 0 spiro atoms. The molecule has 0 aromatic heterocycles. The second kappa shape index (κ2) is 9.25.